The van der Waals surface area contributed by atoms with Gasteiger partial charge in [-0.25, -0.2) is 0 Å². The Hall–Kier alpha value is -4.16. The molecule has 6 amide bonds. The number of carbonyl (C=O) groups is 6. The molecule has 1 aromatic carbocycles. The Morgan fingerprint density at radius 1 is 0.542 bits per heavy atom. The smallest absolute Gasteiger partial charge is 0.243 e. The number of hydrogen-bond acceptors (Lipinski definition) is 7. The van der Waals surface area contributed by atoms with Gasteiger partial charge in [-0.1, -0.05) is 67.5 Å². The summed E-state index contributed by atoms with van der Waals surface area (Å²) in [5, 5.41) is 23.2. The highest BCUT2D eigenvalue weighted by Crippen LogP contribution is 2.14. The first kappa shape index (κ1) is 41.9. The summed E-state index contributed by atoms with van der Waals surface area (Å²) < 4.78 is 0. The van der Waals surface area contributed by atoms with Gasteiger partial charge >= 0.3 is 0 Å². The van der Waals surface area contributed by atoms with Crippen LogP contribution in [0.2, 0.25) is 0 Å². The fourth-order valence-electron chi connectivity index (χ4n) is 5.24. The Morgan fingerprint density at radius 3 is 1.10 bits per heavy atom. The first-order valence-corrected chi connectivity index (χ1v) is 16.8. The van der Waals surface area contributed by atoms with E-state index in [2.05, 4.69) is 26.6 Å². The lowest BCUT2D eigenvalue weighted by Gasteiger charge is -2.29. The maximum atomic E-state index is 13.7. The molecule has 1 rings (SSSR count). The SMILES string of the molecule is CC(=O)NC(CC(C)C)C(=O)NC(CC(C)C)C(=O)NC(CC(C)C)C(=O)NC(CC(C)C)C(=O)NC(Cc1ccc(O)cc1)C(N)=O. The summed E-state index contributed by atoms with van der Waals surface area (Å²) in [6, 6.07) is 1.21. The summed E-state index contributed by atoms with van der Waals surface area (Å²) in [6.07, 6.45) is 1.25. The molecule has 0 aliphatic heterocycles. The summed E-state index contributed by atoms with van der Waals surface area (Å²) >= 11 is 0. The molecule has 8 N–H and O–H groups in total. The lowest BCUT2D eigenvalue weighted by Crippen LogP contribution is -2.59. The number of phenolic OH excluding ortho intramolecular Hbond substituents is 1. The van der Waals surface area contributed by atoms with Gasteiger partial charge in [0.15, 0.2) is 0 Å². The van der Waals surface area contributed by atoms with Gasteiger partial charge in [0.05, 0.1) is 0 Å². The van der Waals surface area contributed by atoms with Crippen LogP contribution in [0.25, 0.3) is 0 Å². The van der Waals surface area contributed by atoms with Crippen LogP contribution in [-0.4, -0.2) is 70.8 Å². The van der Waals surface area contributed by atoms with Crippen molar-refractivity contribution in [3.05, 3.63) is 29.8 Å². The number of aromatic hydroxyl groups is 1. The van der Waals surface area contributed by atoms with Gasteiger partial charge < -0.3 is 37.4 Å². The molecule has 13 heteroatoms. The molecule has 0 saturated heterocycles. The topological polar surface area (TPSA) is 209 Å². The number of nitrogens with two attached hydrogens (primary N) is 1. The van der Waals surface area contributed by atoms with Gasteiger partial charge in [-0.15, -0.1) is 0 Å². The van der Waals surface area contributed by atoms with Crippen LogP contribution in [-0.2, 0) is 35.2 Å². The van der Waals surface area contributed by atoms with Crippen molar-refractivity contribution >= 4 is 35.4 Å². The average Bonchev–Trinajstić information content (AvgIpc) is 2.95. The standard InChI is InChI=1S/C35H58N6O7/c1-19(2)14-27(37-23(9)42)32(45)39-29(16-21(5)6)34(47)41-30(17-22(7)8)35(48)40-28(15-20(3)4)33(46)38-26(31(36)44)18-24-10-12-25(43)13-11-24/h10-13,19-22,26-30,43H,14-18H2,1-9H3,(H2,36,44)(H,37,42)(H,38,46)(H,39,45)(H,40,48)(H,41,47). The third-order valence-electron chi connectivity index (χ3n) is 7.46. The number of hydrogen-bond donors (Lipinski definition) is 7. The average molecular weight is 675 g/mol. The van der Waals surface area contributed by atoms with Gasteiger partial charge in [-0.3, -0.25) is 28.8 Å². The largest absolute Gasteiger partial charge is 0.508 e. The van der Waals surface area contributed by atoms with Gasteiger partial charge in [0, 0.05) is 13.3 Å². The van der Waals surface area contributed by atoms with Crippen LogP contribution in [0.15, 0.2) is 24.3 Å². The summed E-state index contributed by atoms with van der Waals surface area (Å²) in [5.41, 5.74) is 6.26. The predicted molar refractivity (Wildman–Crippen MR) is 184 cm³/mol. The number of nitrogens with one attached hydrogen (secondary N) is 5. The number of rotatable bonds is 20. The van der Waals surface area contributed by atoms with Gasteiger partial charge in [0.1, 0.15) is 36.0 Å². The maximum absolute atomic E-state index is 13.7. The Morgan fingerprint density at radius 2 is 0.833 bits per heavy atom. The molecule has 1 aromatic rings. The third kappa shape index (κ3) is 16.1. The zero-order chi connectivity index (χ0) is 36.7. The Bertz CT molecular complexity index is 1230. The molecule has 0 saturated carbocycles. The maximum Gasteiger partial charge on any atom is 0.243 e. The second kappa shape index (κ2) is 20.3. The van der Waals surface area contributed by atoms with Crippen LogP contribution >= 0.6 is 0 Å². The quantitative estimate of drug-likeness (QED) is 0.109. The monoisotopic (exact) mass is 674 g/mol. The van der Waals surface area contributed by atoms with Gasteiger partial charge in [-0.2, -0.15) is 0 Å². The van der Waals surface area contributed by atoms with Crippen molar-refractivity contribution in [1.29, 1.82) is 0 Å². The van der Waals surface area contributed by atoms with Gasteiger partial charge in [0.2, 0.25) is 35.4 Å². The molecular weight excluding hydrogens is 616 g/mol. The lowest BCUT2D eigenvalue weighted by atomic mass is 9.98. The fraction of sp³-hybridized carbons (Fsp3) is 0.657. The van der Waals surface area contributed by atoms with E-state index >= 15 is 0 Å². The van der Waals surface area contributed by atoms with Crippen molar-refractivity contribution in [2.24, 2.45) is 29.4 Å². The highest BCUT2D eigenvalue weighted by atomic mass is 16.3. The van der Waals surface area contributed by atoms with E-state index in [0.29, 0.717) is 12.0 Å². The van der Waals surface area contributed by atoms with E-state index in [1.165, 1.54) is 19.1 Å². The Labute approximate surface area is 285 Å². The van der Waals surface area contributed by atoms with Crippen LogP contribution in [0.4, 0.5) is 0 Å². The number of phenols is 1. The molecule has 270 valence electrons. The molecule has 0 bridgehead atoms. The second-order valence-electron chi connectivity index (χ2n) is 14.3. The van der Waals surface area contributed by atoms with Crippen molar-refractivity contribution in [3.63, 3.8) is 0 Å². The number of amides is 6. The van der Waals surface area contributed by atoms with Crippen molar-refractivity contribution in [2.45, 2.75) is 125 Å². The first-order chi connectivity index (χ1) is 22.3. The zero-order valence-corrected chi connectivity index (χ0v) is 30.0. The lowest BCUT2D eigenvalue weighted by molar-refractivity contribution is -0.135. The van der Waals surface area contributed by atoms with Crippen LogP contribution in [0.3, 0.4) is 0 Å². The van der Waals surface area contributed by atoms with Crippen LogP contribution < -0.4 is 32.3 Å². The van der Waals surface area contributed by atoms with Crippen LogP contribution in [0, 0.1) is 23.7 Å². The van der Waals surface area contributed by atoms with E-state index in [1.807, 2.05) is 55.4 Å². The minimum Gasteiger partial charge on any atom is -0.508 e. The zero-order valence-electron chi connectivity index (χ0n) is 30.0. The molecule has 0 spiro atoms. The van der Waals surface area contributed by atoms with E-state index in [0.717, 1.165) is 0 Å². The van der Waals surface area contributed by atoms with E-state index in [1.54, 1.807) is 12.1 Å². The van der Waals surface area contributed by atoms with Crippen molar-refractivity contribution in [2.75, 3.05) is 0 Å². The Balaban J connectivity index is 3.20. The molecule has 5 unspecified atom stereocenters. The molecule has 0 aromatic heterocycles. The minimum absolute atomic E-state index is 0.0154. The molecule has 0 aliphatic carbocycles. The van der Waals surface area contributed by atoms with Crippen LogP contribution in [0.5, 0.6) is 5.75 Å². The molecule has 0 heterocycles. The minimum atomic E-state index is -1.07. The summed E-state index contributed by atoms with van der Waals surface area (Å²) in [5.74, 6) is -3.23. The van der Waals surface area contributed by atoms with Gasteiger partial charge in [0.25, 0.3) is 0 Å². The van der Waals surface area contributed by atoms with Gasteiger partial charge in [-0.05, 0) is 67.1 Å². The van der Waals surface area contributed by atoms with E-state index in [-0.39, 0.29) is 61.0 Å². The first-order valence-electron chi connectivity index (χ1n) is 16.8. The highest BCUT2D eigenvalue weighted by molar-refractivity contribution is 5.96. The highest BCUT2D eigenvalue weighted by Gasteiger charge is 2.33. The molecule has 0 fully saturated rings. The molecule has 13 nitrogen and oxygen atoms in total. The second-order valence-corrected chi connectivity index (χ2v) is 14.3. The van der Waals surface area contributed by atoms with E-state index < -0.39 is 59.7 Å². The summed E-state index contributed by atoms with van der Waals surface area (Å²) in [4.78, 5) is 78.1. The van der Waals surface area contributed by atoms with Crippen molar-refractivity contribution in [3.8, 4) is 5.75 Å². The normalized spacial score (nSPS) is 14.5. The molecule has 0 aliphatic rings. The molecule has 0 radical (unpaired) electrons. The number of carbonyl (C=O) groups excluding carboxylic acids is 6. The number of benzene rings is 1. The molecule has 48 heavy (non-hydrogen) atoms. The van der Waals surface area contributed by atoms with Crippen LogP contribution in [0.1, 0.15) is 93.6 Å². The fourth-order valence-corrected chi connectivity index (χ4v) is 5.24. The van der Waals surface area contributed by atoms with E-state index in [9.17, 15) is 33.9 Å². The molecule has 5 atom stereocenters. The summed E-state index contributed by atoms with van der Waals surface area (Å²) in [7, 11) is 0. The van der Waals surface area contributed by atoms with Crippen molar-refractivity contribution < 1.29 is 33.9 Å². The Kier molecular flexibility index (Phi) is 17.7. The number of primary amides is 1. The summed E-state index contributed by atoms with van der Waals surface area (Å²) in [6.45, 7) is 16.5. The van der Waals surface area contributed by atoms with Crippen molar-refractivity contribution in [1.82, 2.24) is 26.6 Å². The third-order valence-corrected chi connectivity index (χ3v) is 7.46. The predicted octanol–water partition coefficient (Wildman–Crippen LogP) is 2.05. The molecular formula is C35H58N6O7. The van der Waals surface area contributed by atoms with E-state index in [4.69, 9.17) is 5.73 Å².